The lowest BCUT2D eigenvalue weighted by atomic mass is 10.1. The van der Waals surface area contributed by atoms with Crippen LogP contribution in [0, 0.1) is 0 Å². The fourth-order valence-electron chi connectivity index (χ4n) is 1.95. The van der Waals surface area contributed by atoms with Crippen molar-refractivity contribution in [2.24, 2.45) is 0 Å². The summed E-state index contributed by atoms with van der Waals surface area (Å²) in [5.41, 5.74) is 4.32. The van der Waals surface area contributed by atoms with Crippen LogP contribution in [0.1, 0.15) is 6.23 Å². The Balaban J connectivity index is 2.41. The molecule has 0 aromatic carbocycles. The molecule has 1 fully saturated rings. The van der Waals surface area contributed by atoms with Crippen molar-refractivity contribution >= 4 is 13.6 Å². The number of phosphoric acid groups is 1. The summed E-state index contributed by atoms with van der Waals surface area (Å²) in [7, 11) is -4.95. The van der Waals surface area contributed by atoms with Gasteiger partial charge in [-0.25, -0.2) is 9.36 Å². The molecule has 124 valence electrons. The first-order valence-electron chi connectivity index (χ1n) is 5.90. The predicted molar refractivity (Wildman–Crippen MR) is 68.6 cm³/mol. The van der Waals surface area contributed by atoms with Gasteiger partial charge in [-0.2, -0.15) is 4.98 Å². The van der Waals surface area contributed by atoms with Crippen molar-refractivity contribution in [2.75, 3.05) is 12.3 Å². The van der Waals surface area contributed by atoms with E-state index in [0.717, 1.165) is 6.20 Å². The third kappa shape index (κ3) is 3.28. The number of anilines is 1. The molecule has 1 aliphatic heterocycles. The summed E-state index contributed by atoms with van der Waals surface area (Å²) >= 11 is 0. The average Bonchev–Trinajstić information content (AvgIpc) is 2.68. The molecular weight excluding hydrogens is 325 g/mol. The van der Waals surface area contributed by atoms with Gasteiger partial charge in [-0.15, -0.1) is 0 Å². The Morgan fingerprint density at radius 2 is 2.05 bits per heavy atom. The summed E-state index contributed by atoms with van der Waals surface area (Å²) in [5.74, 6) is -1.18. The second-order valence-electron chi connectivity index (χ2n) is 4.49. The van der Waals surface area contributed by atoms with Crippen molar-refractivity contribution in [1.82, 2.24) is 9.55 Å². The van der Waals surface area contributed by atoms with Gasteiger partial charge in [-0.05, 0) is 0 Å². The Kier molecular flexibility index (Phi) is 4.54. The largest absolute Gasteiger partial charge is 0.524 e. The topological polar surface area (TPSA) is 198 Å². The van der Waals surface area contributed by atoms with Gasteiger partial charge in [-0.3, -0.25) is 14.4 Å². The molecule has 1 aromatic rings. The van der Waals surface area contributed by atoms with Gasteiger partial charge in [0, 0.05) is 0 Å². The quantitative estimate of drug-likeness (QED) is 0.304. The molecule has 0 unspecified atom stereocenters. The molecule has 2 rings (SSSR count). The van der Waals surface area contributed by atoms with Gasteiger partial charge in [0.05, 0.1) is 12.8 Å². The Bertz CT molecular complexity index is 658. The minimum atomic E-state index is -4.95. The zero-order valence-corrected chi connectivity index (χ0v) is 11.8. The first kappa shape index (κ1) is 16.8. The Labute approximate surface area is 122 Å². The van der Waals surface area contributed by atoms with Crippen LogP contribution in [0.15, 0.2) is 11.0 Å². The Morgan fingerprint density at radius 1 is 1.41 bits per heavy atom. The molecule has 7 N–H and O–H groups in total. The van der Waals surface area contributed by atoms with E-state index in [1.54, 1.807) is 0 Å². The molecule has 12 nitrogen and oxygen atoms in total. The van der Waals surface area contributed by atoms with E-state index in [1.165, 1.54) is 0 Å². The van der Waals surface area contributed by atoms with E-state index in [2.05, 4.69) is 9.51 Å². The molecule has 13 heteroatoms. The molecule has 4 atom stereocenters. The third-order valence-electron chi connectivity index (χ3n) is 2.95. The third-order valence-corrected chi connectivity index (χ3v) is 3.39. The van der Waals surface area contributed by atoms with E-state index in [-0.39, 0.29) is 0 Å². The average molecular weight is 339 g/mol. The molecule has 0 saturated carbocycles. The van der Waals surface area contributed by atoms with Gasteiger partial charge in [0.2, 0.25) is 0 Å². The van der Waals surface area contributed by atoms with Crippen LogP contribution >= 0.6 is 7.82 Å². The molecule has 22 heavy (non-hydrogen) atoms. The van der Waals surface area contributed by atoms with E-state index in [4.69, 9.17) is 25.4 Å². The second-order valence-corrected chi connectivity index (χ2v) is 5.65. The number of aliphatic hydroxyl groups excluding tert-OH is 3. The van der Waals surface area contributed by atoms with Crippen LogP contribution in [0.25, 0.3) is 0 Å². The van der Waals surface area contributed by atoms with Crippen LogP contribution < -0.4 is 15.9 Å². The highest BCUT2D eigenvalue weighted by molar-refractivity contribution is 7.46. The molecule has 0 amide bonds. The number of phosphoric ester groups is 1. The van der Waals surface area contributed by atoms with Crippen LogP contribution in [0.4, 0.5) is 5.82 Å². The normalized spacial score (nSPS) is 28.8. The fourth-order valence-corrected chi connectivity index (χ4v) is 2.35. The maximum Gasteiger partial charge on any atom is 0.524 e. The number of ether oxygens (including phenoxy) is 1. The molecule has 1 aliphatic rings. The lowest BCUT2D eigenvalue weighted by Crippen LogP contribution is -2.36. The molecule has 0 spiro atoms. The predicted octanol–water partition coefficient (Wildman–Crippen LogP) is -3.09. The van der Waals surface area contributed by atoms with Crippen LogP contribution in [-0.4, -0.2) is 59.6 Å². The minimum absolute atomic E-state index is 0.573. The number of nitrogens with zero attached hydrogens (tertiary/aromatic N) is 2. The maximum absolute atomic E-state index is 11.8. The van der Waals surface area contributed by atoms with Gasteiger partial charge in [0.25, 0.3) is 0 Å². The molecule has 1 aromatic heterocycles. The molecular formula is C9H14N3O9P. The van der Waals surface area contributed by atoms with Crippen molar-refractivity contribution in [3.05, 3.63) is 16.7 Å². The summed E-state index contributed by atoms with van der Waals surface area (Å²) in [6.45, 7) is -0.613. The zero-order valence-electron chi connectivity index (χ0n) is 10.9. The van der Waals surface area contributed by atoms with Gasteiger partial charge in [-0.1, -0.05) is 0 Å². The van der Waals surface area contributed by atoms with E-state index in [1.807, 2.05) is 0 Å². The van der Waals surface area contributed by atoms with Gasteiger partial charge in [0.15, 0.2) is 17.8 Å². The van der Waals surface area contributed by atoms with E-state index < -0.39 is 56.2 Å². The Morgan fingerprint density at radius 3 is 2.55 bits per heavy atom. The first-order chi connectivity index (χ1) is 10.1. The van der Waals surface area contributed by atoms with Crippen molar-refractivity contribution in [2.45, 2.75) is 24.5 Å². The van der Waals surface area contributed by atoms with Gasteiger partial charge < -0.3 is 30.3 Å². The van der Waals surface area contributed by atoms with E-state index >= 15 is 0 Å². The molecule has 0 bridgehead atoms. The minimum Gasteiger partial charge on any atom is -0.399 e. The van der Waals surface area contributed by atoms with Crippen LogP contribution in [0.5, 0.6) is 5.75 Å². The zero-order chi connectivity index (χ0) is 16.7. The number of hydrogen-bond acceptors (Lipinski definition) is 9. The van der Waals surface area contributed by atoms with Crippen molar-refractivity contribution in [1.29, 1.82) is 0 Å². The van der Waals surface area contributed by atoms with Crippen molar-refractivity contribution in [3.8, 4) is 5.75 Å². The first-order valence-corrected chi connectivity index (χ1v) is 7.43. The lowest BCUT2D eigenvalue weighted by molar-refractivity contribution is -0.0551. The monoisotopic (exact) mass is 339 g/mol. The summed E-state index contributed by atoms with van der Waals surface area (Å²) in [6.07, 6.45) is -4.85. The Hall–Kier alpha value is -1.53. The summed E-state index contributed by atoms with van der Waals surface area (Å²) < 4.78 is 20.9. The van der Waals surface area contributed by atoms with Crippen molar-refractivity contribution in [3.63, 3.8) is 0 Å². The van der Waals surface area contributed by atoms with Crippen LogP contribution in [0.2, 0.25) is 0 Å². The molecule has 0 radical (unpaired) electrons. The number of nitrogens with two attached hydrogens (primary N) is 1. The van der Waals surface area contributed by atoms with Crippen LogP contribution in [-0.2, 0) is 9.30 Å². The number of hydrogen-bond donors (Lipinski definition) is 6. The standard InChI is InChI=1S/C9H14N3O9P/c10-7-3(21-22(17,18)19)1-12(9(16)11-7)8-6(15)5(14)4(2-13)20-8/h1,4-6,8,13-15H,2H2,(H2,10,11,16)(H2,17,18,19)/t4-,5-,6-,8-/m1/s1. The highest BCUT2D eigenvalue weighted by Gasteiger charge is 2.44. The summed E-state index contributed by atoms with van der Waals surface area (Å²) in [5, 5.41) is 28.5. The van der Waals surface area contributed by atoms with Gasteiger partial charge >= 0.3 is 13.5 Å². The van der Waals surface area contributed by atoms with E-state index in [0.29, 0.717) is 4.57 Å². The van der Waals surface area contributed by atoms with Crippen molar-refractivity contribution < 1.29 is 38.9 Å². The smallest absolute Gasteiger partial charge is 0.399 e. The fraction of sp³-hybridized carbons (Fsp3) is 0.556. The van der Waals surface area contributed by atoms with E-state index in [9.17, 15) is 19.6 Å². The SMILES string of the molecule is Nc1nc(=O)n([C@@H]2O[C@H](CO)[C@@H](O)[C@H]2O)cc1OP(=O)(O)O. The number of aromatic nitrogens is 2. The molecule has 0 aliphatic carbocycles. The number of nitrogen functional groups attached to an aromatic ring is 1. The maximum atomic E-state index is 11.8. The summed E-state index contributed by atoms with van der Waals surface area (Å²) in [6, 6.07) is 0. The summed E-state index contributed by atoms with van der Waals surface area (Å²) in [4.78, 5) is 32.6. The highest BCUT2D eigenvalue weighted by Crippen LogP contribution is 2.39. The number of rotatable bonds is 4. The molecule has 2 heterocycles. The lowest BCUT2D eigenvalue weighted by Gasteiger charge is -2.18. The van der Waals surface area contributed by atoms with Gasteiger partial charge in [0.1, 0.15) is 18.3 Å². The number of aliphatic hydroxyl groups is 3. The van der Waals surface area contributed by atoms with Crippen LogP contribution in [0.3, 0.4) is 0 Å². The second kappa shape index (κ2) is 5.93. The highest BCUT2D eigenvalue weighted by atomic mass is 31.2. The molecule has 1 saturated heterocycles.